The van der Waals surface area contributed by atoms with Crippen LogP contribution in [-0.4, -0.2) is 18.8 Å². The molecule has 0 aromatic carbocycles. The van der Waals surface area contributed by atoms with Gasteiger partial charge in [0.25, 0.3) is 0 Å². The molecule has 0 rings (SSSR count). The van der Waals surface area contributed by atoms with Crippen LogP contribution in [0.5, 0.6) is 0 Å². The molecule has 0 bridgehead atoms. The van der Waals surface area contributed by atoms with Crippen LogP contribution in [0.4, 0.5) is 0 Å². The average Bonchev–Trinajstić information content (AvgIpc) is 2.03. The van der Waals surface area contributed by atoms with Gasteiger partial charge in [0.05, 0.1) is 18.2 Å². The minimum atomic E-state index is -0.385. The van der Waals surface area contributed by atoms with Crippen molar-refractivity contribution in [2.45, 2.75) is 39.3 Å². The van der Waals surface area contributed by atoms with Gasteiger partial charge in [-0.05, 0) is 19.3 Å². The zero-order valence-electron chi connectivity index (χ0n) is 8.08. The Morgan fingerprint density at radius 2 is 2.00 bits per heavy atom. The van der Waals surface area contributed by atoms with E-state index in [2.05, 4.69) is 13.8 Å². The minimum Gasteiger partial charge on any atom is -0.378 e. The Morgan fingerprint density at radius 3 is 2.42 bits per heavy atom. The second-order valence-corrected chi connectivity index (χ2v) is 3.34. The molecule has 0 fully saturated rings. The Bertz CT molecular complexity index is 151. The van der Waals surface area contributed by atoms with Crippen molar-refractivity contribution in [3.8, 4) is 6.07 Å². The number of nitriles is 1. The highest BCUT2D eigenvalue weighted by molar-refractivity contribution is 4.85. The number of nitrogens with zero attached hydrogens (tertiary/aromatic N) is 1. The van der Waals surface area contributed by atoms with E-state index in [0.29, 0.717) is 18.9 Å². The lowest BCUT2D eigenvalue weighted by Gasteiger charge is -2.16. The lowest BCUT2D eigenvalue weighted by atomic mass is 10.1. The molecule has 0 aromatic heterocycles. The highest BCUT2D eigenvalue weighted by atomic mass is 16.5. The van der Waals surface area contributed by atoms with Crippen molar-refractivity contribution in [1.82, 2.24) is 0 Å². The van der Waals surface area contributed by atoms with Crippen LogP contribution in [0.15, 0.2) is 0 Å². The summed E-state index contributed by atoms with van der Waals surface area (Å²) in [5.74, 6) is 0.517. The van der Waals surface area contributed by atoms with Gasteiger partial charge in [-0.2, -0.15) is 5.26 Å². The van der Waals surface area contributed by atoms with Gasteiger partial charge in [-0.1, -0.05) is 13.8 Å². The smallest absolute Gasteiger partial charge is 0.0950 e. The molecule has 70 valence electrons. The summed E-state index contributed by atoms with van der Waals surface area (Å²) in [5, 5.41) is 8.38. The molecule has 0 spiro atoms. The number of hydrogen-bond donors (Lipinski definition) is 1. The predicted octanol–water partition coefficient (Wildman–Crippen LogP) is 1.29. The number of rotatable bonds is 5. The zero-order chi connectivity index (χ0) is 9.56. The third-order valence-electron chi connectivity index (χ3n) is 1.91. The van der Waals surface area contributed by atoms with Crippen LogP contribution in [0, 0.1) is 17.2 Å². The molecule has 0 aliphatic rings. The lowest BCUT2D eigenvalue weighted by molar-refractivity contribution is 0.0333. The van der Waals surface area contributed by atoms with Gasteiger partial charge in [-0.15, -0.1) is 0 Å². The third-order valence-corrected chi connectivity index (χ3v) is 1.91. The molecule has 0 amide bonds. The Kier molecular flexibility index (Phi) is 5.69. The van der Waals surface area contributed by atoms with E-state index >= 15 is 0 Å². The standard InChI is InChI=1S/C9H18N2O/c1-7(2)8(3)12-5-4-9(11)6-10/h7-9H,4-5,11H2,1-3H3. The van der Waals surface area contributed by atoms with E-state index in [4.69, 9.17) is 15.7 Å². The number of nitrogens with two attached hydrogens (primary N) is 1. The maximum atomic E-state index is 8.38. The van der Waals surface area contributed by atoms with E-state index in [1.807, 2.05) is 13.0 Å². The Labute approximate surface area is 74.5 Å². The summed E-state index contributed by atoms with van der Waals surface area (Å²) in [6.45, 7) is 6.82. The topological polar surface area (TPSA) is 59.0 Å². The van der Waals surface area contributed by atoms with E-state index in [-0.39, 0.29) is 12.1 Å². The van der Waals surface area contributed by atoms with Crippen molar-refractivity contribution < 1.29 is 4.74 Å². The number of hydrogen-bond acceptors (Lipinski definition) is 3. The van der Waals surface area contributed by atoms with Crippen LogP contribution in [0.3, 0.4) is 0 Å². The molecular weight excluding hydrogens is 152 g/mol. The quantitative estimate of drug-likeness (QED) is 0.676. The first-order chi connectivity index (χ1) is 5.57. The van der Waals surface area contributed by atoms with Crippen LogP contribution < -0.4 is 5.73 Å². The van der Waals surface area contributed by atoms with Gasteiger partial charge >= 0.3 is 0 Å². The summed E-state index contributed by atoms with van der Waals surface area (Å²) in [5.41, 5.74) is 5.39. The summed E-state index contributed by atoms with van der Waals surface area (Å²) in [6.07, 6.45) is 0.865. The molecule has 2 unspecified atom stereocenters. The second-order valence-electron chi connectivity index (χ2n) is 3.34. The molecule has 3 nitrogen and oxygen atoms in total. The van der Waals surface area contributed by atoms with Crippen LogP contribution in [0.1, 0.15) is 27.2 Å². The van der Waals surface area contributed by atoms with Crippen LogP contribution in [-0.2, 0) is 4.74 Å². The first-order valence-electron chi connectivity index (χ1n) is 4.34. The molecule has 3 heteroatoms. The molecule has 2 atom stereocenters. The lowest BCUT2D eigenvalue weighted by Crippen LogP contribution is -2.22. The molecule has 0 aliphatic heterocycles. The number of ether oxygens (including phenoxy) is 1. The van der Waals surface area contributed by atoms with Gasteiger partial charge in [0.2, 0.25) is 0 Å². The maximum absolute atomic E-state index is 8.38. The van der Waals surface area contributed by atoms with Gasteiger partial charge in [-0.25, -0.2) is 0 Å². The van der Waals surface area contributed by atoms with Crippen LogP contribution >= 0.6 is 0 Å². The molecule has 0 aliphatic carbocycles. The highest BCUT2D eigenvalue weighted by Gasteiger charge is 2.07. The Morgan fingerprint density at radius 1 is 1.42 bits per heavy atom. The fourth-order valence-electron chi connectivity index (χ4n) is 0.638. The van der Waals surface area contributed by atoms with Crippen molar-refractivity contribution in [3.05, 3.63) is 0 Å². The first-order valence-corrected chi connectivity index (χ1v) is 4.34. The molecule has 12 heavy (non-hydrogen) atoms. The Hall–Kier alpha value is -0.590. The molecule has 2 N–H and O–H groups in total. The van der Waals surface area contributed by atoms with Gasteiger partial charge in [0.1, 0.15) is 0 Å². The average molecular weight is 170 g/mol. The van der Waals surface area contributed by atoms with Crippen molar-refractivity contribution in [2.24, 2.45) is 11.7 Å². The molecule has 0 saturated carbocycles. The predicted molar refractivity (Wildman–Crippen MR) is 48.5 cm³/mol. The third kappa shape index (κ3) is 5.11. The van der Waals surface area contributed by atoms with Gasteiger partial charge in [0.15, 0.2) is 0 Å². The van der Waals surface area contributed by atoms with Crippen molar-refractivity contribution in [1.29, 1.82) is 5.26 Å². The highest BCUT2D eigenvalue weighted by Crippen LogP contribution is 2.05. The fraction of sp³-hybridized carbons (Fsp3) is 0.889. The Balaban J connectivity index is 3.38. The summed E-state index contributed by atoms with van der Waals surface area (Å²) < 4.78 is 5.44. The first kappa shape index (κ1) is 11.4. The van der Waals surface area contributed by atoms with Crippen molar-refractivity contribution in [2.75, 3.05) is 6.61 Å². The SMILES string of the molecule is CC(C)C(C)OCCC(N)C#N. The van der Waals surface area contributed by atoms with Gasteiger partial charge in [-0.3, -0.25) is 0 Å². The normalized spacial score (nSPS) is 15.7. The summed E-state index contributed by atoms with van der Waals surface area (Å²) in [7, 11) is 0. The fourth-order valence-corrected chi connectivity index (χ4v) is 0.638. The summed E-state index contributed by atoms with van der Waals surface area (Å²) in [4.78, 5) is 0. The molecule has 0 radical (unpaired) electrons. The zero-order valence-corrected chi connectivity index (χ0v) is 8.08. The summed E-state index contributed by atoms with van der Waals surface area (Å²) in [6, 6.07) is 1.58. The maximum Gasteiger partial charge on any atom is 0.0950 e. The monoisotopic (exact) mass is 170 g/mol. The van der Waals surface area contributed by atoms with E-state index in [9.17, 15) is 0 Å². The van der Waals surface area contributed by atoms with E-state index < -0.39 is 0 Å². The van der Waals surface area contributed by atoms with Crippen molar-refractivity contribution >= 4 is 0 Å². The second kappa shape index (κ2) is 5.99. The van der Waals surface area contributed by atoms with E-state index in [1.54, 1.807) is 0 Å². The van der Waals surface area contributed by atoms with Crippen LogP contribution in [0.25, 0.3) is 0 Å². The summed E-state index contributed by atoms with van der Waals surface area (Å²) >= 11 is 0. The molecule has 0 heterocycles. The largest absolute Gasteiger partial charge is 0.378 e. The molecule has 0 aromatic rings. The van der Waals surface area contributed by atoms with Gasteiger partial charge in [0, 0.05) is 6.61 Å². The van der Waals surface area contributed by atoms with Crippen LogP contribution in [0.2, 0.25) is 0 Å². The van der Waals surface area contributed by atoms with E-state index in [1.165, 1.54) is 0 Å². The van der Waals surface area contributed by atoms with Gasteiger partial charge < -0.3 is 10.5 Å². The molecular formula is C9H18N2O. The van der Waals surface area contributed by atoms with E-state index in [0.717, 1.165) is 0 Å². The molecule has 0 saturated heterocycles. The minimum absolute atomic E-state index is 0.246. The van der Waals surface area contributed by atoms with Crippen molar-refractivity contribution in [3.63, 3.8) is 0 Å².